The van der Waals surface area contributed by atoms with Crippen molar-refractivity contribution in [3.63, 3.8) is 0 Å². The third-order valence-electron chi connectivity index (χ3n) is 5.24. The number of guanidine groups is 1. The third-order valence-corrected chi connectivity index (χ3v) is 6.07. The number of aliphatic imine (C=N–C) groups is 1. The van der Waals surface area contributed by atoms with Crippen molar-refractivity contribution in [3.8, 4) is 0 Å². The number of likely N-dealkylation sites (tertiary alicyclic amines) is 1. The first-order valence-electron chi connectivity index (χ1n) is 10.3. The molecule has 1 aliphatic heterocycles. The van der Waals surface area contributed by atoms with E-state index in [1.807, 2.05) is 6.92 Å². The fourth-order valence-electron chi connectivity index (χ4n) is 3.58. The Morgan fingerprint density at radius 1 is 1.17 bits per heavy atom. The summed E-state index contributed by atoms with van der Waals surface area (Å²) in [4.78, 5) is 7.08. The average Bonchev–Trinajstić information content (AvgIpc) is 2.65. The number of piperidine rings is 1. The van der Waals surface area contributed by atoms with E-state index in [2.05, 4.69) is 34.4 Å². The van der Waals surface area contributed by atoms with Crippen LogP contribution in [0, 0.1) is 5.82 Å². The predicted molar refractivity (Wildman–Crippen MR) is 117 cm³/mol. The first-order valence-corrected chi connectivity index (χ1v) is 12.4. The monoisotopic (exact) mass is 426 g/mol. The van der Waals surface area contributed by atoms with E-state index < -0.39 is 15.7 Å². The van der Waals surface area contributed by atoms with Gasteiger partial charge in [-0.3, -0.25) is 4.90 Å². The Bertz CT molecular complexity index is 803. The highest BCUT2D eigenvalue weighted by Crippen LogP contribution is 2.20. The molecule has 164 valence electrons. The van der Waals surface area contributed by atoms with Crippen molar-refractivity contribution in [1.82, 2.24) is 15.5 Å². The molecule has 1 saturated heterocycles. The van der Waals surface area contributed by atoms with Crippen LogP contribution in [0.4, 0.5) is 4.39 Å². The van der Waals surface area contributed by atoms with Crippen molar-refractivity contribution >= 4 is 15.8 Å². The second kappa shape index (κ2) is 10.4. The molecule has 1 fully saturated rings. The molecule has 8 heteroatoms. The third kappa shape index (κ3) is 7.93. The van der Waals surface area contributed by atoms with E-state index >= 15 is 0 Å². The van der Waals surface area contributed by atoms with E-state index in [1.165, 1.54) is 43.7 Å². The summed E-state index contributed by atoms with van der Waals surface area (Å²) >= 11 is 0. The van der Waals surface area contributed by atoms with Crippen LogP contribution in [0.1, 0.15) is 51.2 Å². The number of benzene rings is 1. The van der Waals surface area contributed by atoms with Crippen molar-refractivity contribution in [1.29, 1.82) is 0 Å². The van der Waals surface area contributed by atoms with Crippen LogP contribution < -0.4 is 10.6 Å². The van der Waals surface area contributed by atoms with Crippen molar-refractivity contribution < 1.29 is 12.8 Å². The lowest BCUT2D eigenvalue weighted by molar-refractivity contribution is 0.0982. The molecule has 1 aliphatic rings. The van der Waals surface area contributed by atoms with Crippen LogP contribution in [0.25, 0.3) is 0 Å². The molecule has 0 aliphatic carbocycles. The molecule has 2 N–H and O–H groups in total. The SMILES string of the molecule is CCNC(=NCc1cc(F)ccc1CS(C)(=O)=O)NCC(C)(C)N1CCCCC1. The van der Waals surface area contributed by atoms with Gasteiger partial charge in [0.1, 0.15) is 5.82 Å². The van der Waals surface area contributed by atoms with Crippen molar-refractivity contribution in [3.05, 3.63) is 35.1 Å². The second-order valence-electron chi connectivity index (χ2n) is 8.39. The Kier molecular flexibility index (Phi) is 8.46. The summed E-state index contributed by atoms with van der Waals surface area (Å²) < 4.78 is 37.1. The Balaban J connectivity index is 2.09. The van der Waals surface area contributed by atoms with Gasteiger partial charge in [-0.25, -0.2) is 17.8 Å². The molecule has 6 nitrogen and oxygen atoms in total. The minimum Gasteiger partial charge on any atom is -0.357 e. The number of sulfone groups is 1. The first kappa shape index (κ1) is 23.6. The van der Waals surface area contributed by atoms with Gasteiger partial charge in [-0.15, -0.1) is 0 Å². The highest BCUT2D eigenvalue weighted by atomic mass is 32.2. The summed E-state index contributed by atoms with van der Waals surface area (Å²) in [5, 5.41) is 6.62. The summed E-state index contributed by atoms with van der Waals surface area (Å²) in [5.41, 5.74) is 1.17. The van der Waals surface area contributed by atoms with Gasteiger partial charge in [0, 0.05) is 24.9 Å². The predicted octanol–water partition coefficient (Wildman–Crippen LogP) is 2.69. The lowest BCUT2D eigenvalue weighted by Gasteiger charge is -2.41. The van der Waals surface area contributed by atoms with Crippen molar-refractivity contribution in [2.24, 2.45) is 4.99 Å². The molecule has 1 aromatic carbocycles. The van der Waals surface area contributed by atoms with Gasteiger partial charge >= 0.3 is 0 Å². The lowest BCUT2D eigenvalue weighted by atomic mass is 9.98. The Labute approximate surface area is 174 Å². The molecule has 1 heterocycles. The summed E-state index contributed by atoms with van der Waals surface area (Å²) in [6.07, 6.45) is 4.95. The molecule has 0 aromatic heterocycles. The molecule has 0 spiro atoms. The van der Waals surface area contributed by atoms with Crippen molar-refractivity contribution in [2.75, 3.05) is 32.4 Å². The molecule has 2 rings (SSSR count). The summed E-state index contributed by atoms with van der Waals surface area (Å²) in [7, 11) is -3.21. The minimum absolute atomic E-state index is 0.00306. The normalized spacial score (nSPS) is 16.7. The van der Waals surface area contributed by atoms with Crippen LogP contribution in [0.3, 0.4) is 0 Å². The molecule has 0 atom stereocenters. The van der Waals surface area contributed by atoms with Gasteiger partial charge < -0.3 is 10.6 Å². The Hall–Kier alpha value is -1.67. The van der Waals surface area contributed by atoms with Gasteiger partial charge in [-0.2, -0.15) is 0 Å². The summed E-state index contributed by atoms with van der Waals surface area (Å²) in [5.74, 6) is 0.133. The quantitative estimate of drug-likeness (QED) is 0.494. The molecule has 0 bridgehead atoms. The smallest absolute Gasteiger partial charge is 0.191 e. The van der Waals surface area contributed by atoms with Crippen LogP contribution in [-0.2, 0) is 22.1 Å². The molecule has 1 aromatic rings. The van der Waals surface area contributed by atoms with Crippen LogP contribution >= 0.6 is 0 Å². The maximum atomic E-state index is 13.7. The second-order valence-corrected chi connectivity index (χ2v) is 10.5. The molecular weight excluding hydrogens is 391 g/mol. The number of hydrogen-bond donors (Lipinski definition) is 2. The highest BCUT2D eigenvalue weighted by Gasteiger charge is 2.27. The molecule has 0 amide bonds. The zero-order valence-electron chi connectivity index (χ0n) is 18.1. The number of nitrogens with zero attached hydrogens (tertiary/aromatic N) is 2. The maximum absolute atomic E-state index is 13.7. The number of hydrogen-bond acceptors (Lipinski definition) is 4. The van der Waals surface area contributed by atoms with Crippen LogP contribution in [0.5, 0.6) is 0 Å². The zero-order chi connectivity index (χ0) is 21.5. The van der Waals surface area contributed by atoms with E-state index in [-0.39, 0.29) is 17.8 Å². The van der Waals surface area contributed by atoms with Crippen LogP contribution in [-0.4, -0.2) is 57.3 Å². The van der Waals surface area contributed by atoms with Gasteiger partial charge in [-0.1, -0.05) is 12.5 Å². The van der Waals surface area contributed by atoms with Crippen LogP contribution in [0.2, 0.25) is 0 Å². The van der Waals surface area contributed by atoms with E-state index in [9.17, 15) is 12.8 Å². The van der Waals surface area contributed by atoms with E-state index in [0.29, 0.717) is 23.6 Å². The number of rotatable bonds is 8. The highest BCUT2D eigenvalue weighted by molar-refractivity contribution is 7.89. The molecule has 0 unspecified atom stereocenters. The van der Waals surface area contributed by atoms with Gasteiger partial charge in [0.2, 0.25) is 0 Å². The Morgan fingerprint density at radius 3 is 2.48 bits per heavy atom. The van der Waals surface area contributed by atoms with Crippen LogP contribution in [0.15, 0.2) is 23.2 Å². The van der Waals surface area contributed by atoms with Crippen molar-refractivity contribution in [2.45, 2.75) is 57.9 Å². The van der Waals surface area contributed by atoms with Gasteiger partial charge in [0.15, 0.2) is 15.8 Å². The zero-order valence-corrected chi connectivity index (χ0v) is 18.9. The van der Waals surface area contributed by atoms with E-state index in [4.69, 9.17) is 0 Å². The molecule has 29 heavy (non-hydrogen) atoms. The fraction of sp³-hybridized carbons (Fsp3) is 0.667. The minimum atomic E-state index is -3.21. The Morgan fingerprint density at radius 2 is 1.86 bits per heavy atom. The maximum Gasteiger partial charge on any atom is 0.191 e. The summed E-state index contributed by atoms with van der Waals surface area (Å²) in [6, 6.07) is 4.19. The van der Waals surface area contributed by atoms with E-state index in [0.717, 1.165) is 19.6 Å². The summed E-state index contributed by atoms with van der Waals surface area (Å²) in [6.45, 7) is 10.3. The van der Waals surface area contributed by atoms with Gasteiger partial charge in [0.05, 0.1) is 12.3 Å². The molecular formula is C21H35FN4O2S. The first-order chi connectivity index (χ1) is 13.6. The van der Waals surface area contributed by atoms with Gasteiger partial charge in [0.25, 0.3) is 0 Å². The lowest BCUT2D eigenvalue weighted by Crippen LogP contribution is -2.54. The largest absolute Gasteiger partial charge is 0.357 e. The standard InChI is InChI=1S/C21H35FN4O2S/c1-5-23-20(25-16-21(2,3)26-11-7-6-8-12-26)24-14-18-13-19(22)10-9-17(18)15-29(4,27)28/h9-10,13H,5-8,11-12,14-16H2,1-4H3,(H2,23,24,25). The topological polar surface area (TPSA) is 73.8 Å². The molecule has 0 saturated carbocycles. The average molecular weight is 427 g/mol. The fourth-order valence-corrected chi connectivity index (χ4v) is 4.43. The van der Waals surface area contributed by atoms with Gasteiger partial charge in [-0.05, 0) is 70.0 Å². The van der Waals surface area contributed by atoms with E-state index in [1.54, 1.807) is 0 Å². The number of halogens is 1. The molecule has 0 radical (unpaired) electrons. The number of nitrogens with one attached hydrogen (secondary N) is 2.